The van der Waals surface area contributed by atoms with Gasteiger partial charge in [0.1, 0.15) is 0 Å². The summed E-state index contributed by atoms with van der Waals surface area (Å²) in [5, 5.41) is 12.7. The molecule has 0 fully saturated rings. The zero-order valence-electron chi connectivity index (χ0n) is 10.8. The van der Waals surface area contributed by atoms with Crippen LogP contribution in [0, 0.1) is 0 Å². The molecule has 0 spiro atoms. The van der Waals surface area contributed by atoms with E-state index in [1.54, 1.807) is 12.1 Å². The molecule has 2 N–H and O–H groups in total. The van der Waals surface area contributed by atoms with Crippen molar-refractivity contribution in [2.75, 3.05) is 13.0 Å². The number of halogens is 1. The molecule has 18 heavy (non-hydrogen) atoms. The Bertz CT molecular complexity index is 430. The maximum atomic E-state index is 12.1. The SMILES string of the molecule is CCC(C)(CCl)NC(=O)c1cccc(OC)c1O. The molecule has 1 rings (SSSR count). The Labute approximate surface area is 112 Å². The molecule has 0 heterocycles. The number of para-hydroxylation sites is 1. The fourth-order valence-corrected chi connectivity index (χ4v) is 1.68. The number of methoxy groups -OCH3 is 1. The second-order valence-electron chi connectivity index (χ2n) is 4.36. The van der Waals surface area contributed by atoms with Crippen LogP contribution in [0.25, 0.3) is 0 Å². The summed E-state index contributed by atoms with van der Waals surface area (Å²) in [6, 6.07) is 4.78. The first-order chi connectivity index (χ1) is 8.47. The van der Waals surface area contributed by atoms with E-state index >= 15 is 0 Å². The van der Waals surface area contributed by atoms with E-state index < -0.39 is 5.54 Å². The topological polar surface area (TPSA) is 58.6 Å². The number of phenols is 1. The van der Waals surface area contributed by atoms with E-state index in [-0.39, 0.29) is 23.0 Å². The van der Waals surface area contributed by atoms with Gasteiger partial charge in [0, 0.05) is 5.88 Å². The minimum Gasteiger partial charge on any atom is -0.504 e. The van der Waals surface area contributed by atoms with Gasteiger partial charge in [-0.1, -0.05) is 13.0 Å². The Morgan fingerprint density at radius 2 is 2.22 bits per heavy atom. The van der Waals surface area contributed by atoms with Crippen molar-refractivity contribution in [2.45, 2.75) is 25.8 Å². The summed E-state index contributed by atoms with van der Waals surface area (Å²) in [5.74, 6) is 0.0496. The molecule has 1 amide bonds. The highest BCUT2D eigenvalue weighted by Gasteiger charge is 2.25. The highest BCUT2D eigenvalue weighted by molar-refractivity contribution is 6.18. The lowest BCUT2D eigenvalue weighted by atomic mass is 10.0. The predicted molar refractivity (Wildman–Crippen MR) is 71.5 cm³/mol. The van der Waals surface area contributed by atoms with Crippen LogP contribution in [0.15, 0.2) is 18.2 Å². The second kappa shape index (κ2) is 5.96. The summed E-state index contributed by atoms with van der Waals surface area (Å²) >= 11 is 5.84. The minimum absolute atomic E-state index is 0.162. The molecule has 0 aromatic heterocycles. The lowest BCUT2D eigenvalue weighted by Crippen LogP contribution is -2.47. The highest BCUT2D eigenvalue weighted by Crippen LogP contribution is 2.29. The van der Waals surface area contributed by atoms with Crippen molar-refractivity contribution < 1.29 is 14.6 Å². The Balaban J connectivity index is 2.98. The maximum absolute atomic E-state index is 12.1. The molecule has 0 bridgehead atoms. The molecule has 4 nitrogen and oxygen atoms in total. The van der Waals surface area contributed by atoms with E-state index in [1.165, 1.54) is 13.2 Å². The molecule has 0 aliphatic carbocycles. The van der Waals surface area contributed by atoms with Gasteiger partial charge in [-0.05, 0) is 25.5 Å². The number of nitrogens with one attached hydrogen (secondary N) is 1. The Morgan fingerprint density at radius 3 is 2.72 bits per heavy atom. The number of carbonyl (C=O) groups is 1. The van der Waals surface area contributed by atoms with Crippen LogP contribution >= 0.6 is 11.6 Å². The third kappa shape index (κ3) is 3.07. The van der Waals surface area contributed by atoms with Crippen LogP contribution in [0.5, 0.6) is 11.5 Å². The van der Waals surface area contributed by atoms with Crippen LogP contribution in [-0.4, -0.2) is 29.5 Å². The standard InChI is InChI=1S/C13H18ClNO3/c1-4-13(2,8-14)15-12(17)9-6-5-7-10(18-3)11(9)16/h5-7,16H,4,8H2,1-3H3,(H,15,17). The first-order valence-corrected chi connectivity index (χ1v) is 6.25. The van der Waals surface area contributed by atoms with E-state index in [4.69, 9.17) is 16.3 Å². The van der Waals surface area contributed by atoms with Gasteiger partial charge in [-0.15, -0.1) is 11.6 Å². The second-order valence-corrected chi connectivity index (χ2v) is 4.63. The lowest BCUT2D eigenvalue weighted by Gasteiger charge is -2.27. The molecule has 0 aliphatic heterocycles. The number of benzene rings is 1. The average Bonchev–Trinajstić information content (AvgIpc) is 2.38. The molecule has 0 aliphatic rings. The monoisotopic (exact) mass is 271 g/mol. The number of alkyl halides is 1. The number of hydrogen-bond donors (Lipinski definition) is 2. The number of phenolic OH excluding ortho intramolecular Hbond substituents is 1. The number of ether oxygens (including phenoxy) is 1. The lowest BCUT2D eigenvalue weighted by molar-refractivity contribution is 0.0909. The van der Waals surface area contributed by atoms with E-state index in [2.05, 4.69) is 5.32 Å². The number of aromatic hydroxyl groups is 1. The van der Waals surface area contributed by atoms with Gasteiger partial charge in [0.25, 0.3) is 5.91 Å². The minimum atomic E-state index is -0.492. The van der Waals surface area contributed by atoms with Gasteiger partial charge in [0.2, 0.25) is 0 Å². The molecule has 1 atom stereocenters. The third-order valence-corrected chi connectivity index (χ3v) is 3.54. The van der Waals surface area contributed by atoms with Crippen LogP contribution in [0.1, 0.15) is 30.6 Å². The molecule has 0 saturated heterocycles. The summed E-state index contributed by atoms with van der Waals surface area (Å²) in [6.07, 6.45) is 0.701. The predicted octanol–water partition coefficient (Wildman–Crippen LogP) is 2.54. The first kappa shape index (κ1) is 14.6. The van der Waals surface area contributed by atoms with Crippen molar-refractivity contribution in [3.8, 4) is 11.5 Å². The van der Waals surface area contributed by atoms with Gasteiger partial charge >= 0.3 is 0 Å². The molecule has 1 aromatic rings. The van der Waals surface area contributed by atoms with Gasteiger partial charge in [-0.2, -0.15) is 0 Å². The molecule has 1 unspecified atom stereocenters. The van der Waals surface area contributed by atoms with Crippen LogP contribution < -0.4 is 10.1 Å². The van der Waals surface area contributed by atoms with Crippen LogP contribution in [0.3, 0.4) is 0 Å². The molecule has 0 radical (unpaired) electrons. The maximum Gasteiger partial charge on any atom is 0.255 e. The van der Waals surface area contributed by atoms with Gasteiger partial charge in [0.15, 0.2) is 11.5 Å². The Hall–Kier alpha value is -1.42. The van der Waals surface area contributed by atoms with Crippen molar-refractivity contribution in [3.63, 3.8) is 0 Å². The molecular weight excluding hydrogens is 254 g/mol. The van der Waals surface area contributed by atoms with Crippen molar-refractivity contribution in [1.82, 2.24) is 5.32 Å². The highest BCUT2D eigenvalue weighted by atomic mass is 35.5. The zero-order chi connectivity index (χ0) is 13.8. The average molecular weight is 272 g/mol. The van der Waals surface area contributed by atoms with E-state index in [0.717, 1.165) is 0 Å². The van der Waals surface area contributed by atoms with E-state index in [9.17, 15) is 9.90 Å². The first-order valence-electron chi connectivity index (χ1n) is 5.72. The van der Waals surface area contributed by atoms with Gasteiger partial charge in [-0.25, -0.2) is 0 Å². The van der Waals surface area contributed by atoms with Crippen LogP contribution in [-0.2, 0) is 0 Å². The number of amides is 1. The number of carbonyl (C=O) groups excluding carboxylic acids is 1. The van der Waals surface area contributed by atoms with Gasteiger partial charge in [-0.3, -0.25) is 4.79 Å². The van der Waals surface area contributed by atoms with Gasteiger partial charge in [0.05, 0.1) is 18.2 Å². The Kier molecular flexibility index (Phi) is 4.84. The van der Waals surface area contributed by atoms with Crippen LogP contribution in [0.4, 0.5) is 0 Å². The van der Waals surface area contributed by atoms with Crippen LogP contribution in [0.2, 0.25) is 0 Å². The fourth-order valence-electron chi connectivity index (χ4n) is 1.43. The summed E-state index contributed by atoms with van der Waals surface area (Å²) < 4.78 is 4.96. The molecule has 100 valence electrons. The van der Waals surface area contributed by atoms with Crippen molar-refractivity contribution >= 4 is 17.5 Å². The normalized spacial score (nSPS) is 13.8. The molecule has 1 aromatic carbocycles. The number of hydrogen-bond acceptors (Lipinski definition) is 3. The summed E-state index contributed by atoms with van der Waals surface area (Å²) in [6.45, 7) is 3.79. The zero-order valence-corrected chi connectivity index (χ0v) is 11.5. The van der Waals surface area contributed by atoms with E-state index in [0.29, 0.717) is 12.3 Å². The summed E-state index contributed by atoms with van der Waals surface area (Å²) in [4.78, 5) is 12.1. The largest absolute Gasteiger partial charge is 0.504 e. The number of rotatable bonds is 5. The summed E-state index contributed by atoms with van der Waals surface area (Å²) in [5.41, 5.74) is -0.312. The fraction of sp³-hybridized carbons (Fsp3) is 0.462. The Morgan fingerprint density at radius 1 is 1.56 bits per heavy atom. The summed E-state index contributed by atoms with van der Waals surface area (Å²) in [7, 11) is 1.44. The third-order valence-electron chi connectivity index (χ3n) is 2.95. The van der Waals surface area contributed by atoms with Gasteiger partial charge < -0.3 is 15.2 Å². The van der Waals surface area contributed by atoms with Crippen molar-refractivity contribution in [3.05, 3.63) is 23.8 Å². The van der Waals surface area contributed by atoms with Crippen molar-refractivity contribution in [2.24, 2.45) is 0 Å². The van der Waals surface area contributed by atoms with Crippen molar-refractivity contribution in [1.29, 1.82) is 0 Å². The molecular formula is C13H18ClNO3. The smallest absolute Gasteiger partial charge is 0.255 e. The quantitative estimate of drug-likeness (QED) is 0.809. The molecule has 0 saturated carbocycles. The molecule has 5 heteroatoms. The van der Waals surface area contributed by atoms with E-state index in [1.807, 2.05) is 13.8 Å².